The number of halogens is 3. The van der Waals surface area contributed by atoms with Gasteiger partial charge in [-0.05, 0) is 49.2 Å². The highest BCUT2D eigenvalue weighted by molar-refractivity contribution is 9.10. The number of nitrogens with one attached hydrogen (secondary N) is 1. The molecule has 31 heavy (non-hydrogen) atoms. The number of benzene rings is 2. The van der Waals surface area contributed by atoms with E-state index in [1.165, 1.54) is 18.2 Å². The third kappa shape index (κ3) is 8.82. The van der Waals surface area contributed by atoms with Gasteiger partial charge in [0.15, 0.2) is 0 Å². The maximum atomic E-state index is 14.1. The minimum absolute atomic E-state index is 0.00671. The first kappa shape index (κ1) is 25.7. The first-order valence-corrected chi connectivity index (χ1v) is 11.2. The summed E-state index contributed by atoms with van der Waals surface area (Å²) >= 11 is 3.20. The van der Waals surface area contributed by atoms with Gasteiger partial charge >= 0.3 is 0 Å². The molecular formula is C23H30BrF2NO4. The lowest BCUT2D eigenvalue weighted by Gasteiger charge is -2.17. The summed E-state index contributed by atoms with van der Waals surface area (Å²) in [5, 5.41) is 32.1. The fraction of sp³-hybridized carbons (Fsp3) is 0.478. The Kier molecular flexibility index (Phi) is 10.8. The lowest BCUT2D eigenvalue weighted by Crippen LogP contribution is -2.22. The van der Waals surface area contributed by atoms with Crippen molar-refractivity contribution in [2.75, 3.05) is 26.3 Å². The number of phenols is 1. The smallest absolute Gasteiger partial charge is 0.296 e. The van der Waals surface area contributed by atoms with E-state index in [-0.39, 0.29) is 17.9 Å². The number of aliphatic hydroxyl groups is 2. The molecule has 0 spiro atoms. The molecule has 0 saturated heterocycles. The van der Waals surface area contributed by atoms with Gasteiger partial charge in [0.25, 0.3) is 5.92 Å². The molecule has 0 amide bonds. The molecule has 172 valence electrons. The van der Waals surface area contributed by atoms with Crippen molar-refractivity contribution in [1.82, 2.24) is 5.32 Å². The first-order valence-electron chi connectivity index (χ1n) is 10.4. The van der Waals surface area contributed by atoms with Gasteiger partial charge in [0.2, 0.25) is 0 Å². The molecule has 4 N–H and O–H groups in total. The Morgan fingerprint density at radius 1 is 1.06 bits per heavy atom. The average molecular weight is 502 g/mol. The van der Waals surface area contributed by atoms with E-state index in [0.717, 1.165) is 25.8 Å². The molecule has 0 bridgehead atoms. The van der Waals surface area contributed by atoms with Gasteiger partial charge in [0.1, 0.15) is 12.4 Å². The topological polar surface area (TPSA) is 82.0 Å². The Morgan fingerprint density at radius 2 is 1.84 bits per heavy atom. The van der Waals surface area contributed by atoms with Crippen molar-refractivity contribution >= 4 is 15.9 Å². The second-order valence-electron chi connectivity index (χ2n) is 7.45. The summed E-state index contributed by atoms with van der Waals surface area (Å²) in [7, 11) is 0. The van der Waals surface area contributed by atoms with Crippen LogP contribution in [0.4, 0.5) is 8.78 Å². The van der Waals surface area contributed by atoms with Crippen LogP contribution >= 0.6 is 15.9 Å². The molecule has 1 unspecified atom stereocenters. The molecule has 0 heterocycles. The molecule has 2 rings (SSSR count). The summed E-state index contributed by atoms with van der Waals surface area (Å²) in [5.74, 6) is -3.00. The number of aromatic hydroxyl groups is 1. The summed E-state index contributed by atoms with van der Waals surface area (Å²) in [6.07, 6.45) is 2.70. The van der Waals surface area contributed by atoms with Crippen molar-refractivity contribution < 1.29 is 28.8 Å². The van der Waals surface area contributed by atoms with E-state index in [1.807, 2.05) is 0 Å². The van der Waals surface area contributed by atoms with Crippen LogP contribution in [0.25, 0.3) is 0 Å². The van der Waals surface area contributed by atoms with E-state index >= 15 is 0 Å². The lowest BCUT2D eigenvalue weighted by molar-refractivity contribution is -0.0831. The van der Waals surface area contributed by atoms with Gasteiger partial charge in [-0.3, -0.25) is 0 Å². The van der Waals surface area contributed by atoms with Crippen LogP contribution in [0.5, 0.6) is 5.75 Å². The highest BCUT2D eigenvalue weighted by Crippen LogP contribution is 2.30. The minimum Gasteiger partial charge on any atom is -0.508 e. The number of aliphatic hydroxyl groups excluding tert-OH is 2. The Bertz CT molecular complexity index is 807. The molecule has 0 aliphatic heterocycles. The van der Waals surface area contributed by atoms with E-state index in [2.05, 4.69) is 21.2 Å². The van der Waals surface area contributed by atoms with Crippen molar-refractivity contribution in [3.05, 3.63) is 63.6 Å². The fourth-order valence-corrected chi connectivity index (χ4v) is 3.50. The number of ether oxygens (including phenoxy) is 1. The highest BCUT2D eigenvalue weighted by Gasteiger charge is 2.31. The quantitative estimate of drug-likeness (QED) is 0.283. The van der Waals surface area contributed by atoms with E-state index in [1.54, 1.807) is 24.3 Å². The van der Waals surface area contributed by atoms with Crippen LogP contribution in [0, 0.1) is 0 Å². The zero-order valence-electron chi connectivity index (χ0n) is 17.4. The maximum absolute atomic E-state index is 14.1. The zero-order valence-corrected chi connectivity index (χ0v) is 19.0. The predicted molar refractivity (Wildman–Crippen MR) is 119 cm³/mol. The third-order valence-electron chi connectivity index (χ3n) is 4.92. The number of hydrogen-bond acceptors (Lipinski definition) is 5. The normalized spacial score (nSPS) is 12.8. The van der Waals surface area contributed by atoms with Gasteiger partial charge in [-0.25, -0.2) is 0 Å². The lowest BCUT2D eigenvalue weighted by atomic mass is 10.1. The number of rotatable bonds is 14. The van der Waals surface area contributed by atoms with Crippen molar-refractivity contribution in [2.24, 2.45) is 0 Å². The highest BCUT2D eigenvalue weighted by atomic mass is 79.9. The second kappa shape index (κ2) is 13.1. The predicted octanol–water partition coefficient (Wildman–Crippen LogP) is 4.64. The van der Waals surface area contributed by atoms with Gasteiger partial charge in [0, 0.05) is 28.8 Å². The monoisotopic (exact) mass is 501 g/mol. The van der Waals surface area contributed by atoms with Crippen LogP contribution in [0.3, 0.4) is 0 Å². The molecule has 5 nitrogen and oxygen atoms in total. The van der Waals surface area contributed by atoms with Crippen molar-refractivity contribution in [1.29, 1.82) is 0 Å². The van der Waals surface area contributed by atoms with Gasteiger partial charge in [-0.2, -0.15) is 8.78 Å². The Morgan fingerprint density at radius 3 is 2.58 bits per heavy atom. The Hall–Kier alpha value is -1.58. The number of alkyl halides is 2. The number of hydrogen-bond donors (Lipinski definition) is 4. The molecule has 0 saturated carbocycles. The SMILES string of the molecule is OCc1cc(C(O)CNCCCCCCOCC(F)(F)c2cccc(Br)c2)ccc1O. The van der Waals surface area contributed by atoms with Gasteiger partial charge in [-0.1, -0.05) is 47.0 Å². The van der Waals surface area contributed by atoms with E-state index in [0.29, 0.717) is 35.2 Å². The van der Waals surface area contributed by atoms with Crippen LogP contribution in [0.2, 0.25) is 0 Å². The zero-order chi connectivity index (χ0) is 22.7. The van der Waals surface area contributed by atoms with Gasteiger partial charge in [0.05, 0.1) is 12.7 Å². The summed E-state index contributed by atoms with van der Waals surface area (Å²) in [6.45, 7) is 0.473. The molecule has 0 aliphatic rings. The molecular weight excluding hydrogens is 472 g/mol. The van der Waals surface area contributed by atoms with Crippen LogP contribution < -0.4 is 5.32 Å². The molecule has 0 aromatic heterocycles. The van der Waals surface area contributed by atoms with Crippen molar-refractivity contribution in [3.63, 3.8) is 0 Å². The summed E-state index contributed by atoms with van der Waals surface area (Å²) < 4.78 is 34.0. The van der Waals surface area contributed by atoms with E-state index in [4.69, 9.17) is 4.74 Å². The summed E-state index contributed by atoms with van der Waals surface area (Å²) in [4.78, 5) is 0. The second-order valence-corrected chi connectivity index (χ2v) is 8.36. The average Bonchev–Trinajstić information content (AvgIpc) is 2.75. The first-order chi connectivity index (χ1) is 14.8. The maximum Gasteiger partial charge on any atom is 0.296 e. The van der Waals surface area contributed by atoms with E-state index < -0.39 is 18.6 Å². The van der Waals surface area contributed by atoms with Crippen molar-refractivity contribution in [2.45, 2.75) is 44.3 Å². The summed E-state index contributed by atoms with van der Waals surface area (Å²) in [5.41, 5.74) is 0.953. The van der Waals surface area contributed by atoms with E-state index in [9.17, 15) is 24.1 Å². The Balaban J connectivity index is 1.52. The van der Waals surface area contributed by atoms with Crippen LogP contribution in [0.1, 0.15) is 48.5 Å². The van der Waals surface area contributed by atoms with Crippen molar-refractivity contribution in [3.8, 4) is 5.75 Å². The molecule has 0 fully saturated rings. The minimum atomic E-state index is -3.01. The standard InChI is InChI=1S/C23H30BrF2NO4/c24-20-7-5-6-19(13-20)23(25,26)16-31-11-4-2-1-3-10-27-14-22(30)17-8-9-21(29)18(12-17)15-28/h5-9,12-13,22,27-30H,1-4,10-11,14-16H2. The molecule has 8 heteroatoms. The molecule has 0 aliphatic carbocycles. The summed E-state index contributed by atoms with van der Waals surface area (Å²) in [6, 6.07) is 10.8. The molecule has 2 aromatic carbocycles. The van der Waals surface area contributed by atoms with Crippen LogP contribution in [-0.2, 0) is 17.3 Å². The largest absolute Gasteiger partial charge is 0.508 e. The number of unbranched alkanes of at least 4 members (excludes halogenated alkanes) is 3. The molecule has 2 aromatic rings. The van der Waals surface area contributed by atoms with Crippen LogP contribution in [0.15, 0.2) is 46.9 Å². The Labute approximate surface area is 190 Å². The molecule has 0 radical (unpaired) electrons. The molecule has 1 atom stereocenters. The third-order valence-corrected chi connectivity index (χ3v) is 5.41. The fourth-order valence-electron chi connectivity index (χ4n) is 3.10. The van der Waals surface area contributed by atoms with Gasteiger partial charge < -0.3 is 25.4 Å². The van der Waals surface area contributed by atoms with Gasteiger partial charge in [-0.15, -0.1) is 0 Å². The van der Waals surface area contributed by atoms with Crippen LogP contribution in [-0.4, -0.2) is 41.6 Å².